The molecule has 16 heavy (non-hydrogen) atoms. The molecule has 0 aliphatic carbocycles. The predicted molar refractivity (Wildman–Crippen MR) is 61.3 cm³/mol. The van der Waals surface area contributed by atoms with Gasteiger partial charge in [-0.15, -0.1) is 0 Å². The van der Waals surface area contributed by atoms with Crippen molar-refractivity contribution in [1.82, 2.24) is 20.4 Å². The molecule has 0 atom stereocenters. The highest BCUT2D eigenvalue weighted by molar-refractivity contribution is 5.92. The first-order chi connectivity index (χ1) is 7.66. The lowest BCUT2D eigenvalue weighted by Crippen LogP contribution is -2.48. The topological polar surface area (TPSA) is 59.0 Å². The van der Waals surface area contributed by atoms with Gasteiger partial charge in [-0.3, -0.25) is 9.48 Å². The van der Waals surface area contributed by atoms with Gasteiger partial charge in [0.1, 0.15) is 5.69 Å². The highest BCUT2D eigenvalue weighted by Gasteiger charge is 2.18. The Balaban J connectivity index is 1.87. The number of rotatable bonds is 4. The van der Waals surface area contributed by atoms with E-state index in [1.54, 1.807) is 10.7 Å². The molecule has 1 saturated heterocycles. The van der Waals surface area contributed by atoms with E-state index < -0.39 is 0 Å². The zero-order valence-corrected chi connectivity index (χ0v) is 9.73. The van der Waals surface area contributed by atoms with E-state index in [9.17, 15) is 4.79 Å². The van der Waals surface area contributed by atoms with Crippen molar-refractivity contribution in [2.24, 2.45) is 5.92 Å². The van der Waals surface area contributed by atoms with Crippen LogP contribution in [0.5, 0.6) is 0 Å². The van der Waals surface area contributed by atoms with Gasteiger partial charge in [0.2, 0.25) is 0 Å². The van der Waals surface area contributed by atoms with Crippen LogP contribution >= 0.6 is 0 Å². The highest BCUT2D eigenvalue weighted by atomic mass is 16.1. The van der Waals surface area contributed by atoms with Gasteiger partial charge in [-0.1, -0.05) is 0 Å². The Bertz CT molecular complexity index is 368. The van der Waals surface area contributed by atoms with Gasteiger partial charge in [-0.05, 0) is 19.9 Å². The van der Waals surface area contributed by atoms with Gasteiger partial charge < -0.3 is 10.6 Å². The van der Waals surface area contributed by atoms with Crippen molar-refractivity contribution in [2.75, 3.05) is 19.6 Å². The smallest absolute Gasteiger partial charge is 0.271 e. The molecule has 1 aromatic heterocycles. The number of carbonyl (C=O) groups is 1. The Morgan fingerprint density at radius 3 is 2.94 bits per heavy atom. The minimum Gasteiger partial charge on any atom is -0.350 e. The van der Waals surface area contributed by atoms with E-state index in [0.29, 0.717) is 11.6 Å². The first-order valence-corrected chi connectivity index (χ1v) is 5.71. The number of amides is 1. The van der Waals surface area contributed by atoms with Crippen LogP contribution in [0.15, 0.2) is 12.3 Å². The minimum atomic E-state index is -0.0775. The zero-order valence-electron chi connectivity index (χ0n) is 9.73. The summed E-state index contributed by atoms with van der Waals surface area (Å²) in [5.74, 6) is 0.502. The summed E-state index contributed by atoms with van der Waals surface area (Å²) in [6.07, 6.45) is 1.84. The second kappa shape index (κ2) is 4.65. The van der Waals surface area contributed by atoms with Crippen molar-refractivity contribution in [1.29, 1.82) is 0 Å². The standard InChI is InChI=1S/C11H18N4O/c1-8(2)15-4-3-10(14-15)11(16)13-7-9-5-12-6-9/h3-4,8-9,12H,5-7H2,1-2H3,(H,13,16). The number of nitrogens with zero attached hydrogens (tertiary/aromatic N) is 2. The van der Waals surface area contributed by atoms with Crippen LogP contribution in [-0.4, -0.2) is 35.3 Å². The van der Waals surface area contributed by atoms with Crippen LogP contribution in [-0.2, 0) is 0 Å². The van der Waals surface area contributed by atoms with Gasteiger partial charge in [0.15, 0.2) is 0 Å². The maximum absolute atomic E-state index is 11.7. The molecular weight excluding hydrogens is 204 g/mol. The maximum Gasteiger partial charge on any atom is 0.271 e. The van der Waals surface area contributed by atoms with E-state index in [1.807, 2.05) is 20.0 Å². The molecule has 1 aliphatic rings. The molecule has 0 unspecified atom stereocenters. The highest BCUT2D eigenvalue weighted by Crippen LogP contribution is 2.05. The van der Waals surface area contributed by atoms with Crippen LogP contribution in [0.1, 0.15) is 30.4 Å². The van der Waals surface area contributed by atoms with Gasteiger partial charge in [0.05, 0.1) is 0 Å². The average molecular weight is 222 g/mol. The van der Waals surface area contributed by atoms with E-state index in [0.717, 1.165) is 19.6 Å². The largest absolute Gasteiger partial charge is 0.350 e. The first kappa shape index (κ1) is 11.1. The first-order valence-electron chi connectivity index (χ1n) is 5.71. The van der Waals surface area contributed by atoms with Crippen LogP contribution in [0, 0.1) is 5.92 Å². The molecule has 0 bridgehead atoms. The molecule has 0 saturated carbocycles. The van der Waals surface area contributed by atoms with Gasteiger partial charge in [-0.2, -0.15) is 5.10 Å². The SMILES string of the molecule is CC(C)n1ccc(C(=O)NCC2CNC2)n1. The third kappa shape index (κ3) is 2.41. The Kier molecular flexibility index (Phi) is 3.24. The molecular formula is C11H18N4O. The summed E-state index contributed by atoms with van der Waals surface area (Å²) in [6, 6.07) is 2.05. The Morgan fingerprint density at radius 1 is 1.69 bits per heavy atom. The molecule has 1 aromatic rings. The van der Waals surface area contributed by atoms with Gasteiger partial charge in [0.25, 0.3) is 5.91 Å². The summed E-state index contributed by atoms with van der Waals surface area (Å²) >= 11 is 0. The normalized spacial score (nSPS) is 16.2. The summed E-state index contributed by atoms with van der Waals surface area (Å²) in [6.45, 7) is 6.81. The molecule has 0 radical (unpaired) electrons. The Morgan fingerprint density at radius 2 is 2.44 bits per heavy atom. The number of hydrogen-bond acceptors (Lipinski definition) is 3. The second-order valence-electron chi connectivity index (χ2n) is 4.51. The van der Waals surface area contributed by atoms with Crippen molar-refractivity contribution in [3.8, 4) is 0 Å². The van der Waals surface area contributed by atoms with E-state index in [2.05, 4.69) is 15.7 Å². The van der Waals surface area contributed by atoms with Crippen LogP contribution in [0.4, 0.5) is 0 Å². The summed E-state index contributed by atoms with van der Waals surface area (Å²) in [5.41, 5.74) is 0.501. The van der Waals surface area contributed by atoms with Gasteiger partial charge in [-0.25, -0.2) is 0 Å². The number of aromatic nitrogens is 2. The number of hydrogen-bond donors (Lipinski definition) is 2. The van der Waals surface area contributed by atoms with Gasteiger partial charge in [0, 0.05) is 37.8 Å². The Labute approximate surface area is 95.2 Å². The molecule has 5 heteroatoms. The molecule has 2 rings (SSSR count). The fourth-order valence-electron chi connectivity index (χ4n) is 1.57. The van der Waals surface area contributed by atoms with Gasteiger partial charge >= 0.3 is 0 Å². The molecule has 88 valence electrons. The maximum atomic E-state index is 11.7. The van der Waals surface area contributed by atoms with Crippen LogP contribution < -0.4 is 10.6 Å². The predicted octanol–water partition coefficient (Wildman–Crippen LogP) is 0.413. The summed E-state index contributed by atoms with van der Waals surface area (Å²) in [5, 5.41) is 10.3. The lowest BCUT2D eigenvalue weighted by Gasteiger charge is -2.26. The van der Waals surface area contributed by atoms with E-state index >= 15 is 0 Å². The Hall–Kier alpha value is -1.36. The molecule has 1 amide bonds. The lowest BCUT2D eigenvalue weighted by molar-refractivity contribution is 0.0936. The third-order valence-corrected chi connectivity index (χ3v) is 2.79. The summed E-state index contributed by atoms with van der Waals surface area (Å²) in [4.78, 5) is 11.7. The summed E-state index contributed by atoms with van der Waals surface area (Å²) in [7, 11) is 0. The van der Waals surface area contributed by atoms with Crippen molar-refractivity contribution < 1.29 is 4.79 Å². The summed E-state index contributed by atoms with van der Waals surface area (Å²) < 4.78 is 1.79. The number of carbonyl (C=O) groups excluding carboxylic acids is 1. The quantitative estimate of drug-likeness (QED) is 0.776. The van der Waals surface area contributed by atoms with Crippen molar-refractivity contribution in [3.63, 3.8) is 0 Å². The fraction of sp³-hybridized carbons (Fsp3) is 0.636. The van der Waals surface area contributed by atoms with Crippen molar-refractivity contribution >= 4 is 5.91 Å². The molecule has 0 aromatic carbocycles. The zero-order chi connectivity index (χ0) is 11.5. The third-order valence-electron chi connectivity index (χ3n) is 2.79. The van der Waals surface area contributed by atoms with Crippen molar-refractivity contribution in [2.45, 2.75) is 19.9 Å². The molecule has 2 N–H and O–H groups in total. The van der Waals surface area contributed by atoms with Crippen LogP contribution in [0.25, 0.3) is 0 Å². The molecule has 1 fully saturated rings. The molecule has 5 nitrogen and oxygen atoms in total. The fourth-order valence-corrected chi connectivity index (χ4v) is 1.57. The minimum absolute atomic E-state index is 0.0775. The molecule has 2 heterocycles. The lowest BCUT2D eigenvalue weighted by atomic mass is 10.0. The van der Waals surface area contributed by atoms with E-state index in [4.69, 9.17) is 0 Å². The van der Waals surface area contributed by atoms with Crippen molar-refractivity contribution in [3.05, 3.63) is 18.0 Å². The number of nitrogens with one attached hydrogen (secondary N) is 2. The average Bonchev–Trinajstić information content (AvgIpc) is 2.63. The van der Waals surface area contributed by atoms with Crippen LogP contribution in [0.2, 0.25) is 0 Å². The second-order valence-corrected chi connectivity index (χ2v) is 4.51. The van der Waals surface area contributed by atoms with Crippen LogP contribution in [0.3, 0.4) is 0 Å². The molecule has 0 spiro atoms. The van der Waals surface area contributed by atoms with E-state index in [1.165, 1.54) is 0 Å². The molecule has 1 aliphatic heterocycles. The van der Waals surface area contributed by atoms with E-state index in [-0.39, 0.29) is 11.9 Å². The monoisotopic (exact) mass is 222 g/mol.